The van der Waals surface area contributed by atoms with Crippen molar-refractivity contribution >= 4 is 11.6 Å². The van der Waals surface area contributed by atoms with Gasteiger partial charge in [-0.3, -0.25) is 0 Å². The van der Waals surface area contributed by atoms with E-state index in [1.54, 1.807) is 27.9 Å². The van der Waals surface area contributed by atoms with Crippen LogP contribution in [0.3, 0.4) is 0 Å². The van der Waals surface area contributed by atoms with Gasteiger partial charge in [-0.2, -0.15) is 0 Å². The van der Waals surface area contributed by atoms with E-state index >= 15 is 0 Å². The lowest BCUT2D eigenvalue weighted by Gasteiger charge is -2.43. The molecule has 3 aliphatic rings. The van der Waals surface area contributed by atoms with Crippen molar-refractivity contribution in [1.29, 1.82) is 0 Å². The van der Waals surface area contributed by atoms with Gasteiger partial charge in [0.2, 0.25) is 0 Å². The molecule has 1 aromatic rings. The highest BCUT2D eigenvalue weighted by atomic mass is 14.5. The Kier molecular flexibility index (Phi) is 5.56. The zero-order chi connectivity index (χ0) is 20.6. The number of fused-ring (bicyclic) bond motifs is 2. The predicted octanol–water partition coefficient (Wildman–Crippen LogP) is 6.84. The Labute approximate surface area is 177 Å². The Morgan fingerprint density at radius 1 is 1.00 bits per heavy atom. The largest absolute Gasteiger partial charge is 0.0801 e. The minimum atomic E-state index is 0.152. The molecule has 0 saturated carbocycles. The predicted molar refractivity (Wildman–Crippen MR) is 127 cm³/mol. The highest BCUT2D eigenvalue weighted by molar-refractivity contribution is 5.95. The van der Waals surface area contributed by atoms with Crippen LogP contribution in [0.4, 0.5) is 0 Å². The fraction of sp³-hybridized carbons (Fsp3) is 0.448. The van der Waals surface area contributed by atoms with E-state index in [-0.39, 0.29) is 5.41 Å². The molecule has 4 rings (SSSR count). The molecule has 0 saturated heterocycles. The molecule has 3 aliphatic carbocycles. The van der Waals surface area contributed by atoms with Gasteiger partial charge in [-0.05, 0) is 77.0 Å². The summed E-state index contributed by atoms with van der Waals surface area (Å²) in [6.45, 7) is 11.8. The van der Waals surface area contributed by atoms with Gasteiger partial charge in [-0.15, -0.1) is 0 Å². The lowest BCUT2D eigenvalue weighted by molar-refractivity contribution is 0.411. The van der Waals surface area contributed by atoms with Crippen LogP contribution < -0.4 is 10.4 Å². The summed E-state index contributed by atoms with van der Waals surface area (Å²) in [5, 5.41) is 2.88. The zero-order valence-corrected chi connectivity index (χ0v) is 19.0. The molecule has 0 nitrogen and oxygen atoms in total. The molecule has 0 radical (unpaired) electrons. The van der Waals surface area contributed by atoms with Crippen molar-refractivity contribution in [1.82, 2.24) is 0 Å². The van der Waals surface area contributed by atoms with Gasteiger partial charge in [0, 0.05) is 5.41 Å². The molecule has 0 heterocycles. The summed E-state index contributed by atoms with van der Waals surface area (Å²) in [5.74, 6) is 0. The Morgan fingerprint density at radius 2 is 1.79 bits per heavy atom. The molecule has 0 spiro atoms. The molecule has 29 heavy (non-hydrogen) atoms. The number of aryl methyl sites for hydroxylation is 1. The first-order chi connectivity index (χ1) is 14.0. The van der Waals surface area contributed by atoms with Crippen LogP contribution in [0.15, 0.2) is 64.3 Å². The second kappa shape index (κ2) is 7.98. The fourth-order valence-corrected chi connectivity index (χ4v) is 5.99. The molecule has 0 heteroatoms. The van der Waals surface area contributed by atoms with E-state index in [9.17, 15) is 0 Å². The lowest BCUT2D eigenvalue weighted by Crippen LogP contribution is -2.31. The third kappa shape index (κ3) is 3.21. The summed E-state index contributed by atoms with van der Waals surface area (Å²) in [7, 11) is 0. The number of hydrogen-bond acceptors (Lipinski definition) is 0. The summed E-state index contributed by atoms with van der Waals surface area (Å²) >= 11 is 0. The maximum Gasteiger partial charge on any atom is 0.0148 e. The molecule has 0 aromatic heterocycles. The Morgan fingerprint density at radius 3 is 2.45 bits per heavy atom. The Hall–Kier alpha value is -2.08. The van der Waals surface area contributed by atoms with Gasteiger partial charge in [0.25, 0.3) is 0 Å². The van der Waals surface area contributed by atoms with E-state index in [4.69, 9.17) is 0 Å². The molecule has 0 fully saturated rings. The average molecular weight is 385 g/mol. The minimum Gasteiger partial charge on any atom is -0.0801 e. The summed E-state index contributed by atoms with van der Waals surface area (Å²) in [5.41, 5.74) is 11.1. The second-order valence-corrected chi connectivity index (χ2v) is 9.26. The molecular weight excluding hydrogens is 348 g/mol. The first-order valence-corrected chi connectivity index (χ1v) is 11.7. The van der Waals surface area contributed by atoms with Crippen molar-refractivity contribution in [3.05, 3.63) is 80.3 Å². The van der Waals surface area contributed by atoms with Gasteiger partial charge in [-0.1, -0.05) is 94.5 Å². The van der Waals surface area contributed by atoms with Crippen molar-refractivity contribution in [2.45, 2.75) is 79.6 Å². The van der Waals surface area contributed by atoms with Gasteiger partial charge in [0.05, 0.1) is 0 Å². The summed E-state index contributed by atoms with van der Waals surface area (Å²) in [6, 6.07) is 7.05. The van der Waals surface area contributed by atoms with Crippen molar-refractivity contribution in [3.8, 4) is 0 Å². The summed E-state index contributed by atoms with van der Waals surface area (Å²) in [6.07, 6.45) is 17.9. The topological polar surface area (TPSA) is 0 Å². The van der Waals surface area contributed by atoms with Gasteiger partial charge in [0.15, 0.2) is 0 Å². The van der Waals surface area contributed by atoms with Crippen LogP contribution in [-0.2, 0) is 0 Å². The molecular formula is C29H36. The third-order valence-corrected chi connectivity index (χ3v) is 7.04. The molecule has 0 aliphatic heterocycles. The van der Waals surface area contributed by atoms with E-state index in [0.717, 1.165) is 6.42 Å². The summed E-state index contributed by atoms with van der Waals surface area (Å²) in [4.78, 5) is 0. The van der Waals surface area contributed by atoms with E-state index in [2.05, 4.69) is 77.1 Å². The molecule has 1 aromatic carbocycles. The second-order valence-electron chi connectivity index (χ2n) is 9.26. The van der Waals surface area contributed by atoms with Crippen molar-refractivity contribution < 1.29 is 0 Å². The van der Waals surface area contributed by atoms with E-state index in [0.29, 0.717) is 0 Å². The number of rotatable bonds is 7. The van der Waals surface area contributed by atoms with E-state index in [1.807, 2.05) is 0 Å². The van der Waals surface area contributed by atoms with Crippen LogP contribution in [0.2, 0.25) is 0 Å². The van der Waals surface area contributed by atoms with E-state index in [1.165, 1.54) is 60.1 Å². The Bertz CT molecular complexity index is 1070. The Balaban J connectivity index is 2.12. The van der Waals surface area contributed by atoms with Crippen LogP contribution in [0.1, 0.15) is 78.2 Å². The van der Waals surface area contributed by atoms with Gasteiger partial charge < -0.3 is 0 Å². The maximum atomic E-state index is 2.55. The number of allylic oxidation sites excluding steroid dienone is 8. The SMILES string of the molecule is CCCC1=C(CCC)C(C)(CCC)C(C2=CC=CC2)=C2C=c3cc(C)ccc3=C21. The van der Waals surface area contributed by atoms with Crippen LogP contribution in [0.5, 0.6) is 0 Å². The third-order valence-electron chi connectivity index (χ3n) is 7.04. The zero-order valence-electron chi connectivity index (χ0n) is 19.0. The molecule has 0 bridgehead atoms. The quantitative estimate of drug-likeness (QED) is 0.483. The standard InChI is InChI=1S/C29H36/c1-6-11-24-26(12-7-2)29(5,17-8-3)28(21-13-9-10-14-21)25-19-22-18-20(4)15-16-23(22)27(24)25/h9-10,13,15-16,18-19H,6-8,11-12,14,17H2,1-5H3. The molecule has 0 N–H and O–H groups in total. The molecule has 152 valence electrons. The fourth-order valence-electron chi connectivity index (χ4n) is 5.99. The van der Waals surface area contributed by atoms with Crippen LogP contribution in [-0.4, -0.2) is 0 Å². The van der Waals surface area contributed by atoms with Crippen molar-refractivity contribution in [3.63, 3.8) is 0 Å². The number of benzene rings is 1. The first-order valence-electron chi connectivity index (χ1n) is 11.7. The van der Waals surface area contributed by atoms with Crippen LogP contribution in [0, 0.1) is 12.3 Å². The summed E-state index contributed by atoms with van der Waals surface area (Å²) < 4.78 is 0. The van der Waals surface area contributed by atoms with Crippen LogP contribution >= 0.6 is 0 Å². The molecule has 0 amide bonds. The van der Waals surface area contributed by atoms with Gasteiger partial charge >= 0.3 is 0 Å². The van der Waals surface area contributed by atoms with E-state index < -0.39 is 0 Å². The highest BCUT2D eigenvalue weighted by Gasteiger charge is 2.42. The van der Waals surface area contributed by atoms with Gasteiger partial charge in [0.1, 0.15) is 0 Å². The smallest absolute Gasteiger partial charge is 0.0148 e. The van der Waals surface area contributed by atoms with Gasteiger partial charge in [-0.25, -0.2) is 0 Å². The molecule has 1 atom stereocenters. The minimum absolute atomic E-state index is 0.152. The van der Waals surface area contributed by atoms with Crippen LogP contribution in [0.25, 0.3) is 11.6 Å². The molecule has 1 unspecified atom stereocenters. The van der Waals surface area contributed by atoms with Crippen molar-refractivity contribution in [2.75, 3.05) is 0 Å². The average Bonchev–Trinajstić information content (AvgIpc) is 3.32. The van der Waals surface area contributed by atoms with Crippen molar-refractivity contribution in [2.24, 2.45) is 5.41 Å². The lowest BCUT2D eigenvalue weighted by atomic mass is 9.60. The first kappa shape index (κ1) is 20.2. The maximum absolute atomic E-state index is 2.55. The highest BCUT2D eigenvalue weighted by Crippen LogP contribution is 2.56. The monoisotopic (exact) mass is 384 g/mol. The number of hydrogen-bond donors (Lipinski definition) is 0. The normalized spacial score (nSPS) is 22.8.